The van der Waals surface area contributed by atoms with Crippen LogP contribution in [0.5, 0.6) is 0 Å². The van der Waals surface area contributed by atoms with E-state index in [0.29, 0.717) is 10.9 Å². The topological polar surface area (TPSA) is 26.3 Å². The molecule has 0 unspecified atom stereocenters. The number of methoxy groups -OCH3 is 1. The molecule has 0 radical (unpaired) electrons. The van der Waals surface area contributed by atoms with Crippen LogP contribution in [0.2, 0.25) is 0 Å². The van der Waals surface area contributed by atoms with E-state index in [1.54, 1.807) is 0 Å². The van der Waals surface area contributed by atoms with Crippen molar-refractivity contribution in [3.8, 4) is 0 Å². The first-order chi connectivity index (χ1) is 4.63. The van der Waals surface area contributed by atoms with E-state index < -0.39 is 0 Å². The van der Waals surface area contributed by atoms with Crippen molar-refractivity contribution in [2.45, 2.75) is 13.8 Å². The van der Waals surface area contributed by atoms with E-state index in [2.05, 4.69) is 20.7 Å². The lowest BCUT2D eigenvalue weighted by atomic mass is 10.2. The minimum Gasteiger partial charge on any atom is -0.466 e. The summed E-state index contributed by atoms with van der Waals surface area (Å²) in [4.78, 5) is 10.9. The second-order valence-electron chi connectivity index (χ2n) is 2.10. The second-order valence-corrected chi connectivity index (χ2v) is 2.66. The summed E-state index contributed by atoms with van der Waals surface area (Å²) < 4.78 is 4.54. The molecule has 0 saturated heterocycles. The maximum Gasteiger partial charge on any atom is 0.334 e. The van der Waals surface area contributed by atoms with Crippen molar-refractivity contribution < 1.29 is 9.53 Å². The highest BCUT2D eigenvalue weighted by molar-refractivity contribution is 9.09. The predicted octanol–water partition coefficient (Wildman–Crippen LogP) is 1.89. The van der Waals surface area contributed by atoms with Gasteiger partial charge in [0.1, 0.15) is 0 Å². The molecule has 0 aromatic heterocycles. The fraction of sp³-hybridized carbons (Fsp3) is 0.571. The van der Waals surface area contributed by atoms with Crippen LogP contribution in [-0.4, -0.2) is 18.4 Å². The van der Waals surface area contributed by atoms with Gasteiger partial charge in [-0.25, -0.2) is 4.79 Å². The molecule has 0 saturated carbocycles. The molecular formula is C7H11BrO2. The standard InChI is InChI=1S/C7H11BrO2/c1-5(2)6(4-8)7(9)10-3/h4H2,1-3H3. The van der Waals surface area contributed by atoms with Crippen LogP contribution in [0.25, 0.3) is 0 Å². The van der Waals surface area contributed by atoms with E-state index >= 15 is 0 Å². The molecular weight excluding hydrogens is 196 g/mol. The molecule has 0 spiro atoms. The van der Waals surface area contributed by atoms with Gasteiger partial charge in [-0.05, 0) is 13.8 Å². The van der Waals surface area contributed by atoms with Crippen molar-refractivity contribution in [2.24, 2.45) is 0 Å². The number of carbonyl (C=O) groups excluding carboxylic acids is 1. The number of allylic oxidation sites excluding steroid dienone is 1. The molecule has 10 heavy (non-hydrogen) atoms. The lowest BCUT2D eigenvalue weighted by Crippen LogP contribution is -2.07. The van der Waals surface area contributed by atoms with Gasteiger partial charge >= 0.3 is 5.97 Å². The van der Waals surface area contributed by atoms with E-state index in [9.17, 15) is 4.79 Å². The Labute approximate surface area is 69.4 Å². The van der Waals surface area contributed by atoms with Crippen molar-refractivity contribution in [2.75, 3.05) is 12.4 Å². The van der Waals surface area contributed by atoms with Gasteiger partial charge in [0.15, 0.2) is 0 Å². The summed E-state index contributed by atoms with van der Waals surface area (Å²) in [5, 5.41) is 0.558. The van der Waals surface area contributed by atoms with Gasteiger partial charge in [0.05, 0.1) is 7.11 Å². The number of halogens is 1. The van der Waals surface area contributed by atoms with Crippen LogP contribution in [0.15, 0.2) is 11.1 Å². The molecule has 58 valence electrons. The van der Waals surface area contributed by atoms with Crippen LogP contribution in [-0.2, 0) is 9.53 Å². The zero-order valence-corrected chi connectivity index (χ0v) is 7.99. The molecule has 0 aromatic carbocycles. The monoisotopic (exact) mass is 206 g/mol. The van der Waals surface area contributed by atoms with Crippen molar-refractivity contribution in [3.63, 3.8) is 0 Å². The first kappa shape index (κ1) is 9.69. The van der Waals surface area contributed by atoms with Crippen molar-refractivity contribution in [3.05, 3.63) is 11.1 Å². The number of carbonyl (C=O) groups is 1. The van der Waals surface area contributed by atoms with Crippen molar-refractivity contribution >= 4 is 21.9 Å². The average molecular weight is 207 g/mol. The van der Waals surface area contributed by atoms with Gasteiger partial charge in [-0.3, -0.25) is 0 Å². The number of ether oxygens (including phenoxy) is 1. The Morgan fingerprint density at radius 2 is 2.00 bits per heavy atom. The number of alkyl halides is 1. The Morgan fingerprint density at radius 3 is 2.10 bits per heavy atom. The zero-order chi connectivity index (χ0) is 8.15. The normalized spacial score (nSPS) is 8.80. The highest BCUT2D eigenvalue weighted by Gasteiger charge is 2.08. The van der Waals surface area contributed by atoms with Gasteiger partial charge in [0.2, 0.25) is 0 Å². The summed E-state index contributed by atoms with van der Waals surface area (Å²) in [5.74, 6) is -0.253. The molecule has 0 aliphatic heterocycles. The number of rotatable bonds is 2. The Morgan fingerprint density at radius 1 is 1.50 bits per heavy atom. The van der Waals surface area contributed by atoms with E-state index in [0.717, 1.165) is 5.57 Å². The first-order valence-electron chi connectivity index (χ1n) is 2.94. The Balaban J connectivity index is 4.37. The highest BCUT2D eigenvalue weighted by atomic mass is 79.9. The predicted molar refractivity (Wildman–Crippen MR) is 44.2 cm³/mol. The van der Waals surface area contributed by atoms with Crippen LogP contribution >= 0.6 is 15.9 Å². The summed E-state index contributed by atoms with van der Waals surface area (Å²) in [6, 6.07) is 0. The lowest BCUT2D eigenvalue weighted by molar-refractivity contribution is -0.136. The third-order valence-corrected chi connectivity index (χ3v) is 1.73. The Bertz CT molecular complexity index is 157. The van der Waals surface area contributed by atoms with Gasteiger partial charge in [-0.15, -0.1) is 0 Å². The highest BCUT2D eigenvalue weighted by Crippen LogP contribution is 2.07. The molecule has 0 N–H and O–H groups in total. The summed E-state index contributed by atoms with van der Waals surface area (Å²) >= 11 is 3.20. The lowest BCUT2D eigenvalue weighted by Gasteiger charge is -2.02. The van der Waals surface area contributed by atoms with Crippen molar-refractivity contribution in [1.29, 1.82) is 0 Å². The Kier molecular flexibility index (Phi) is 4.36. The fourth-order valence-electron chi connectivity index (χ4n) is 0.516. The van der Waals surface area contributed by atoms with Gasteiger partial charge in [0.25, 0.3) is 0 Å². The minimum absolute atomic E-state index is 0.253. The van der Waals surface area contributed by atoms with Crippen LogP contribution in [0.3, 0.4) is 0 Å². The maximum atomic E-state index is 10.9. The SMILES string of the molecule is COC(=O)C(CBr)=C(C)C. The minimum atomic E-state index is -0.253. The van der Waals surface area contributed by atoms with E-state index in [1.807, 2.05) is 13.8 Å². The molecule has 0 bridgehead atoms. The number of hydrogen-bond donors (Lipinski definition) is 0. The quantitative estimate of drug-likeness (QED) is 0.392. The maximum absolute atomic E-state index is 10.9. The summed E-state index contributed by atoms with van der Waals surface area (Å²) in [6.45, 7) is 3.76. The number of esters is 1. The average Bonchev–Trinajstić information content (AvgIpc) is 1.88. The Hall–Kier alpha value is -0.310. The van der Waals surface area contributed by atoms with E-state index in [1.165, 1.54) is 7.11 Å². The third kappa shape index (κ3) is 2.52. The molecule has 0 amide bonds. The van der Waals surface area contributed by atoms with Crippen LogP contribution < -0.4 is 0 Å². The van der Waals surface area contributed by atoms with E-state index in [-0.39, 0.29) is 5.97 Å². The van der Waals surface area contributed by atoms with Gasteiger partial charge < -0.3 is 4.74 Å². The smallest absolute Gasteiger partial charge is 0.334 e. The molecule has 0 heterocycles. The van der Waals surface area contributed by atoms with Crippen LogP contribution in [0.1, 0.15) is 13.8 Å². The largest absolute Gasteiger partial charge is 0.466 e. The van der Waals surface area contributed by atoms with Gasteiger partial charge in [-0.1, -0.05) is 21.5 Å². The molecule has 0 atom stereocenters. The summed E-state index contributed by atoms with van der Waals surface area (Å²) in [5.41, 5.74) is 1.69. The molecule has 0 aliphatic carbocycles. The summed E-state index contributed by atoms with van der Waals surface area (Å²) in [7, 11) is 1.38. The fourth-order valence-corrected chi connectivity index (χ4v) is 1.31. The van der Waals surface area contributed by atoms with E-state index in [4.69, 9.17) is 0 Å². The second kappa shape index (κ2) is 4.50. The van der Waals surface area contributed by atoms with Crippen molar-refractivity contribution in [1.82, 2.24) is 0 Å². The molecule has 0 rings (SSSR count). The third-order valence-electron chi connectivity index (χ3n) is 1.17. The zero-order valence-electron chi connectivity index (χ0n) is 6.40. The molecule has 0 fully saturated rings. The van der Waals surface area contributed by atoms with Gasteiger partial charge in [0, 0.05) is 10.9 Å². The summed E-state index contributed by atoms with van der Waals surface area (Å²) in [6.07, 6.45) is 0. The van der Waals surface area contributed by atoms with Gasteiger partial charge in [-0.2, -0.15) is 0 Å². The molecule has 3 heteroatoms. The molecule has 0 aromatic rings. The van der Waals surface area contributed by atoms with Crippen LogP contribution in [0, 0.1) is 0 Å². The molecule has 2 nitrogen and oxygen atoms in total. The number of hydrogen-bond acceptors (Lipinski definition) is 2. The molecule has 0 aliphatic rings. The first-order valence-corrected chi connectivity index (χ1v) is 4.06. The van der Waals surface area contributed by atoms with Crippen LogP contribution in [0.4, 0.5) is 0 Å².